The van der Waals surface area contributed by atoms with Crippen molar-refractivity contribution in [2.45, 2.75) is 57.3 Å². The molecule has 2 unspecified atom stereocenters. The summed E-state index contributed by atoms with van der Waals surface area (Å²) < 4.78 is 38.1. The van der Waals surface area contributed by atoms with E-state index in [1.54, 1.807) is 0 Å². The van der Waals surface area contributed by atoms with E-state index in [1.807, 2.05) is 6.92 Å². The zero-order chi connectivity index (χ0) is 15.7. The minimum absolute atomic E-state index is 0.324. The van der Waals surface area contributed by atoms with E-state index in [-0.39, 0.29) is 5.54 Å². The first-order chi connectivity index (χ1) is 9.79. The molecule has 2 N–H and O–H groups in total. The summed E-state index contributed by atoms with van der Waals surface area (Å²) in [6.07, 6.45) is 1.15. The van der Waals surface area contributed by atoms with Crippen LogP contribution >= 0.6 is 11.3 Å². The normalized spacial score (nSPS) is 22.0. The summed E-state index contributed by atoms with van der Waals surface area (Å²) in [5.74, 6) is 0. The fourth-order valence-corrected chi connectivity index (χ4v) is 3.84. The predicted octanol–water partition coefficient (Wildman–Crippen LogP) is 3.82. The first kappa shape index (κ1) is 16.7. The zero-order valence-electron chi connectivity index (χ0n) is 12.4. The van der Waals surface area contributed by atoms with Gasteiger partial charge in [-0.15, -0.1) is 11.3 Å². The number of alkyl halides is 3. The molecule has 0 saturated carbocycles. The van der Waals surface area contributed by atoms with Crippen LogP contribution in [0.1, 0.15) is 55.5 Å². The molecule has 1 aromatic rings. The minimum Gasteiger partial charge on any atom is -0.322 e. The molecule has 3 nitrogen and oxygen atoms in total. The predicted molar refractivity (Wildman–Crippen MR) is 78.2 cm³/mol. The van der Waals surface area contributed by atoms with Crippen LogP contribution in [-0.4, -0.2) is 28.5 Å². The largest absolute Gasteiger partial charge is 0.443 e. The van der Waals surface area contributed by atoms with Crippen LogP contribution in [0.15, 0.2) is 6.20 Å². The lowest BCUT2D eigenvalue weighted by molar-refractivity contribution is -0.137. The van der Waals surface area contributed by atoms with E-state index in [4.69, 9.17) is 5.73 Å². The number of halogens is 3. The zero-order valence-corrected chi connectivity index (χ0v) is 13.2. The standard InChI is InChI=1S/C14H22F3N3S/c1-3-13(2,20-7-5-4-6-8-20)11(18)10-9-19-12(21-10)14(15,16)17/h9,11H,3-8,18H2,1-2H3. The SMILES string of the molecule is CCC(C)(C(N)c1cnc(C(F)(F)F)s1)N1CCCCC1. The van der Waals surface area contributed by atoms with Gasteiger partial charge in [-0.05, 0) is 39.3 Å². The van der Waals surface area contributed by atoms with Crippen molar-refractivity contribution in [2.75, 3.05) is 13.1 Å². The van der Waals surface area contributed by atoms with Crippen LogP contribution in [0.2, 0.25) is 0 Å². The Bertz CT molecular complexity index is 468. The summed E-state index contributed by atoms with van der Waals surface area (Å²) in [7, 11) is 0. The van der Waals surface area contributed by atoms with Crippen LogP contribution < -0.4 is 5.73 Å². The molecule has 2 heterocycles. The molecule has 0 spiro atoms. The lowest BCUT2D eigenvalue weighted by atomic mass is 9.85. The van der Waals surface area contributed by atoms with E-state index >= 15 is 0 Å². The van der Waals surface area contributed by atoms with Crippen molar-refractivity contribution in [3.63, 3.8) is 0 Å². The van der Waals surface area contributed by atoms with E-state index in [0.717, 1.165) is 32.4 Å². The second-order valence-electron chi connectivity index (χ2n) is 5.80. The fourth-order valence-electron chi connectivity index (χ4n) is 2.91. The van der Waals surface area contributed by atoms with Gasteiger partial charge in [0.05, 0.1) is 6.04 Å². The van der Waals surface area contributed by atoms with Gasteiger partial charge < -0.3 is 5.73 Å². The third kappa shape index (κ3) is 3.40. The van der Waals surface area contributed by atoms with E-state index in [2.05, 4.69) is 16.8 Å². The highest BCUT2D eigenvalue weighted by molar-refractivity contribution is 7.11. The molecule has 0 bridgehead atoms. The van der Waals surface area contributed by atoms with Crippen molar-refractivity contribution in [1.82, 2.24) is 9.88 Å². The Kier molecular flexibility index (Phi) is 4.95. The molecule has 21 heavy (non-hydrogen) atoms. The summed E-state index contributed by atoms with van der Waals surface area (Å²) in [5, 5.41) is -0.815. The van der Waals surface area contributed by atoms with Gasteiger partial charge in [-0.2, -0.15) is 13.2 Å². The Balaban J connectivity index is 2.22. The van der Waals surface area contributed by atoms with Crippen LogP contribution in [0.4, 0.5) is 13.2 Å². The molecule has 2 rings (SSSR count). The molecule has 120 valence electrons. The molecule has 1 aliphatic rings. The minimum atomic E-state index is -4.39. The number of rotatable bonds is 4. The van der Waals surface area contributed by atoms with Crippen LogP contribution in [-0.2, 0) is 6.18 Å². The van der Waals surface area contributed by atoms with E-state index in [9.17, 15) is 13.2 Å². The highest BCUT2D eigenvalue weighted by Crippen LogP contribution is 2.39. The summed E-state index contributed by atoms with van der Waals surface area (Å²) in [6.45, 7) is 6.02. The number of aromatic nitrogens is 1. The average molecular weight is 321 g/mol. The van der Waals surface area contributed by atoms with Crippen LogP contribution in [0, 0.1) is 0 Å². The highest BCUT2D eigenvalue weighted by atomic mass is 32.1. The lowest BCUT2D eigenvalue weighted by Gasteiger charge is -2.46. The number of hydrogen-bond donors (Lipinski definition) is 1. The van der Waals surface area contributed by atoms with E-state index in [1.165, 1.54) is 12.6 Å². The molecule has 7 heteroatoms. The summed E-state index contributed by atoms with van der Waals surface area (Å²) >= 11 is 0.666. The lowest BCUT2D eigenvalue weighted by Crippen LogP contribution is -2.54. The van der Waals surface area contributed by atoms with Crippen molar-refractivity contribution < 1.29 is 13.2 Å². The monoisotopic (exact) mass is 321 g/mol. The van der Waals surface area contributed by atoms with Crippen molar-refractivity contribution in [3.8, 4) is 0 Å². The summed E-state index contributed by atoms with van der Waals surface area (Å²) in [5.41, 5.74) is 6.01. The Morgan fingerprint density at radius 2 is 1.95 bits per heavy atom. The molecule has 1 saturated heterocycles. The van der Waals surface area contributed by atoms with Crippen molar-refractivity contribution >= 4 is 11.3 Å². The van der Waals surface area contributed by atoms with E-state index < -0.39 is 17.2 Å². The number of likely N-dealkylation sites (tertiary alicyclic amines) is 1. The first-order valence-corrected chi connectivity index (χ1v) is 8.14. The molecule has 0 amide bonds. The number of nitrogens with two attached hydrogens (primary N) is 1. The topological polar surface area (TPSA) is 42.1 Å². The summed E-state index contributed by atoms with van der Waals surface area (Å²) in [6, 6.07) is -0.450. The molecule has 1 aromatic heterocycles. The third-order valence-electron chi connectivity index (χ3n) is 4.54. The van der Waals surface area contributed by atoms with Crippen LogP contribution in [0.3, 0.4) is 0 Å². The number of thiazole rings is 1. The fraction of sp³-hybridized carbons (Fsp3) is 0.786. The molecular weight excluding hydrogens is 299 g/mol. The van der Waals surface area contributed by atoms with Crippen molar-refractivity contribution in [1.29, 1.82) is 0 Å². The van der Waals surface area contributed by atoms with Crippen molar-refractivity contribution in [3.05, 3.63) is 16.1 Å². The van der Waals surface area contributed by atoms with Gasteiger partial charge >= 0.3 is 6.18 Å². The smallest absolute Gasteiger partial charge is 0.322 e. The molecule has 0 aliphatic carbocycles. The first-order valence-electron chi connectivity index (χ1n) is 7.32. The maximum atomic E-state index is 12.7. The second-order valence-corrected chi connectivity index (χ2v) is 6.86. The highest BCUT2D eigenvalue weighted by Gasteiger charge is 2.40. The number of nitrogens with zero attached hydrogens (tertiary/aromatic N) is 2. The van der Waals surface area contributed by atoms with E-state index in [0.29, 0.717) is 16.2 Å². The maximum Gasteiger partial charge on any atom is 0.443 e. The maximum absolute atomic E-state index is 12.7. The number of piperidine rings is 1. The van der Waals surface area contributed by atoms with Crippen molar-refractivity contribution in [2.24, 2.45) is 5.73 Å². The van der Waals surface area contributed by atoms with Gasteiger partial charge in [0.1, 0.15) is 0 Å². The summed E-state index contributed by atoms with van der Waals surface area (Å²) in [4.78, 5) is 6.34. The van der Waals surface area contributed by atoms with Gasteiger partial charge in [0.2, 0.25) is 0 Å². The Morgan fingerprint density at radius 3 is 2.43 bits per heavy atom. The molecule has 2 atom stereocenters. The molecule has 1 aliphatic heterocycles. The van der Waals surface area contributed by atoms with Gasteiger partial charge in [0.25, 0.3) is 0 Å². The van der Waals surface area contributed by atoms with Gasteiger partial charge in [-0.1, -0.05) is 13.3 Å². The average Bonchev–Trinajstić information content (AvgIpc) is 2.96. The number of hydrogen-bond acceptors (Lipinski definition) is 4. The molecule has 0 aromatic carbocycles. The van der Waals surface area contributed by atoms with Gasteiger partial charge in [0.15, 0.2) is 5.01 Å². The Morgan fingerprint density at radius 1 is 1.33 bits per heavy atom. The third-order valence-corrected chi connectivity index (χ3v) is 5.66. The quantitative estimate of drug-likeness (QED) is 0.917. The Labute approximate surface area is 127 Å². The molecule has 1 fully saturated rings. The van der Waals surface area contributed by atoms with Gasteiger partial charge in [-0.3, -0.25) is 4.90 Å². The van der Waals surface area contributed by atoms with Gasteiger partial charge in [-0.25, -0.2) is 4.98 Å². The van der Waals surface area contributed by atoms with Crippen LogP contribution in [0.5, 0.6) is 0 Å². The van der Waals surface area contributed by atoms with Gasteiger partial charge in [0, 0.05) is 16.6 Å². The Hall–Kier alpha value is -0.660. The van der Waals surface area contributed by atoms with Crippen LogP contribution in [0.25, 0.3) is 0 Å². The molecule has 0 radical (unpaired) electrons. The molecular formula is C14H22F3N3S. The second kappa shape index (κ2) is 6.22.